The van der Waals surface area contributed by atoms with Crippen molar-refractivity contribution in [3.63, 3.8) is 0 Å². The van der Waals surface area contributed by atoms with Crippen molar-refractivity contribution in [1.29, 1.82) is 0 Å². The summed E-state index contributed by atoms with van der Waals surface area (Å²) in [5, 5.41) is 11.0. The van der Waals surface area contributed by atoms with Crippen molar-refractivity contribution in [2.45, 2.75) is 39.2 Å². The molecule has 2 aromatic rings. The number of para-hydroxylation sites is 1. The van der Waals surface area contributed by atoms with Gasteiger partial charge in [0.25, 0.3) is 5.91 Å². The Morgan fingerprint density at radius 2 is 2.10 bits per heavy atom. The van der Waals surface area contributed by atoms with Crippen molar-refractivity contribution >= 4 is 11.8 Å². The van der Waals surface area contributed by atoms with E-state index in [2.05, 4.69) is 15.6 Å². The topological polar surface area (TPSA) is 89.4 Å². The lowest BCUT2D eigenvalue weighted by atomic mass is 10.0. The zero-order valence-electron chi connectivity index (χ0n) is 17.3. The highest BCUT2D eigenvalue weighted by Gasteiger charge is 2.26. The third-order valence-electron chi connectivity index (χ3n) is 5.07. The number of rotatable bonds is 7. The quantitative estimate of drug-likeness (QED) is 0.770. The molecular formula is C21H29N5O3. The summed E-state index contributed by atoms with van der Waals surface area (Å²) >= 11 is 0. The monoisotopic (exact) mass is 399 g/mol. The van der Waals surface area contributed by atoms with E-state index in [0.29, 0.717) is 31.1 Å². The lowest BCUT2D eigenvalue weighted by Crippen LogP contribution is -2.41. The summed E-state index contributed by atoms with van der Waals surface area (Å²) in [4.78, 5) is 26.9. The first-order chi connectivity index (χ1) is 14.0. The minimum absolute atomic E-state index is 0.0181. The second-order valence-corrected chi connectivity index (χ2v) is 7.81. The number of aromatic nitrogens is 3. The van der Waals surface area contributed by atoms with Gasteiger partial charge in [0, 0.05) is 25.2 Å². The number of carbonyl (C=O) groups is 2. The van der Waals surface area contributed by atoms with Crippen LogP contribution in [-0.4, -0.2) is 58.5 Å². The SMILES string of the molecule is COc1ccccc1CC(=O)N1CCCC(n2cc(C(=O)NCC(C)C)nn2)C1. The van der Waals surface area contributed by atoms with E-state index in [9.17, 15) is 9.59 Å². The second kappa shape index (κ2) is 9.54. The molecule has 1 atom stereocenters. The smallest absolute Gasteiger partial charge is 0.273 e. The van der Waals surface area contributed by atoms with Crippen molar-refractivity contribution in [3.8, 4) is 5.75 Å². The lowest BCUT2D eigenvalue weighted by molar-refractivity contribution is -0.132. The van der Waals surface area contributed by atoms with Crippen LogP contribution in [0.2, 0.25) is 0 Å². The first-order valence-electron chi connectivity index (χ1n) is 10.1. The molecule has 1 unspecified atom stereocenters. The Morgan fingerprint density at radius 1 is 1.31 bits per heavy atom. The van der Waals surface area contributed by atoms with Gasteiger partial charge in [0.2, 0.25) is 5.91 Å². The van der Waals surface area contributed by atoms with Crippen LogP contribution in [0, 0.1) is 5.92 Å². The molecule has 2 heterocycles. The van der Waals surface area contributed by atoms with E-state index in [1.165, 1.54) is 0 Å². The molecule has 156 valence electrons. The van der Waals surface area contributed by atoms with Crippen LogP contribution in [0.15, 0.2) is 30.5 Å². The fourth-order valence-electron chi connectivity index (χ4n) is 3.47. The Bertz CT molecular complexity index is 848. The van der Waals surface area contributed by atoms with Crippen LogP contribution >= 0.6 is 0 Å². The lowest BCUT2D eigenvalue weighted by Gasteiger charge is -2.32. The van der Waals surface area contributed by atoms with Gasteiger partial charge in [-0.15, -0.1) is 5.10 Å². The molecule has 0 spiro atoms. The number of hydrogen-bond acceptors (Lipinski definition) is 5. The normalized spacial score (nSPS) is 16.7. The number of hydrogen-bond donors (Lipinski definition) is 1. The summed E-state index contributed by atoms with van der Waals surface area (Å²) in [6, 6.07) is 7.60. The number of amides is 2. The number of nitrogens with one attached hydrogen (secondary N) is 1. The van der Waals surface area contributed by atoms with Crippen LogP contribution in [0.5, 0.6) is 5.75 Å². The number of nitrogens with zero attached hydrogens (tertiary/aromatic N) is 4. The van der Waals surface area contributed by atoms with Crippen LogP contribution in [0.3, 0.4) is 0 Å². The molecule has 0 aliphatic carbocycles. The van der Waals surface area contributed by atoms with Crippen molar-refractivity contribution in [3.05, 3.63) is 41.7 Å². The minimum Gasteiger partial charge on any atom is -0.496 e. The summed E-state index contributed by atoms with van der Waals surface area (Å²) in [5.41, 5.74) is 1.19. The van der Waals surface area contributed by atoms with Crippen LogP contribution in [0.25, 0.3) is 0 Å². The van der Waals surface area contributed by atoms with Gasteiger partial charge in [-0.25, -0.2) is 4.68 Å². The Kier molecular flexibility index (Phi) is 6.85. The van der Waals surface area contributed by atoms with Crippen LogP contribution < -0.4 is 10.1 Å². The zero-order valence-corrected chi connectivity index (χ0v) is 17.3. The van der Waals surface area contributed by atoms with E-state index in [0.717, 1.165) is 30.7 Å². The predicted octanol–water partition coefficient (Wildman–Crippen LogP) is 2.08. The highest BCUT2D eigenvalue weighted by Crippen LogP contribution is 2.23. The first kappa shape index (κ1) is 20.8. The third-order valence-corrected chi connectivity index (χ3v) is 5.07. The van der Waals surface area contributed by atoms with Crippen molar-refractivity contribution in [1.82, 2.24) is 25.2 Å². The number of ether oxygens (including phenoxy) is 1. The van der Waals surface area contributed by atoms with Crippen molar-refractivity contribution in [2.75, 3.05) is 26.7 Å². The summed E-state index contributed by atoms with van der Waals surface area (Å²) in [5.74, 6) is 0.942. The summed E-state index contributed by atoms with van der Waals surface area (Å²) in [6.45, 7) is 5.96. The standard InChI is InChI=1S/C21H29N5O3/c1-15(2)12-22-21(28)18-14-26(24-23-18)17-8-6-10-25(13-17)20(27)11-16-7-4-5-9-19(16)29-3/h4-5,7,9,14-15,17H,6,8,10-13H2,1-3H3,(H,22,28). The van der Waals surface area contributed by atoms with Crippen molar-refractivity contribution < 1.29 is 14.3 Å². The molecule has 1 N–H and O–H groups in total. The van der Waals surface area contributed by atoms with Gasteiger partial charge in [0.1, 0.15) is 5.75 Å². The Balaban J connectivity index is 1.62. The summed E-state index contributed by atoms with van der Waals surface area (Å²) in [7, 11) is 1.61. The number of methoxy groups -OCH3 is 1. The maximum absolute atomic E-state index is 12.8. The van der Waals surface area contributed by atoms with Gasteiger partial charge >= 0.3 is 0 Å². The van der Waals surface area contributed by atoms with Gasteiger partial charge < -0.3 is 15.0 Å². The maximum atomic E-state index is 12.8. The average molecular weight is 399 g/mol. The molecule has 0 saturated carbocycles. The number of benzene rings is 1. The number of carbonyl (C=O) groups excluding carboxylic acids is 2. The van der Waals surface area contributed by atoms with E-state index in [-0.39, 0.29) is 17.9 Å². The fourth-order valence-corrected chi connectivity index (χ4v) is 3.47. The van der Waals surface area contributed by atoms with E-state index in [1.54, 1.807) is 18.0 Å². The molecule has 1 aliphatic heterocycles. The fraction of sp³-hybridized carbons (Fsp3) is 0.524. The minimum atomic E-state index is -0.218. The Labute approximate surface area is 171 Å². The Morgan fingerprint density at radius 3 is 2.86 bits per heavy atom. The molecule has 0 bridgehead atoms. The third kappa shape index (κ3) is 5.34. The number of likely N-dealkylation sites (tertiary alicyclic amines) is 1. The van der Waals surface area contributed by atoms with Crippen molar-refractivity contribution in [2.24, 2.45) is 5.92 Å². The molecule has 3 rings (SSSR count). The van der Waals surface area contributed by atoms with E-state index in [1.807, 2.05) is 43.0 Å². The summed E-state index contributed by atoms with van der Waals surface area (Å²) < 4.78 is 7.07. The van der Waals surface area contributed by atoms with Crippen LogP contribution in [-0.2, 0) is 11.2 Å². The molecule has 1 aromatic heterocycles. The molecule has 1 fully saturated rings. The number of piperidine rings is 1. The van der Waals surface area contributed by atoms with Gasteiger partial charge in [0.15, 0.2) is 5.69 Å². The molecule has 8 heteroatoms. The van der Waals surface area contributed by atoms with Gasteiger partial charge in [-0.2, -0.15) is 0 Å². The molecule has 29 heavy (non-hydrogen) atoms. The van der Waals surface area contributed by atoms with Crippen LogP contribution in [0.1, 0.15) is 48.8 Å². The molecule has 8 nitrogen and oxygen atoms in total. The van der Waals surface area contributed by atoms with Crippen LogP contribution in [0.4, 0.5) is 0 Å². The van der Waals surface area contributed by atoms with Gasteiger partial charge in [-0.3, -0.25) is 9.59 Å². The van der Waals surface area contributed by atoms with Gasteiger partial charge in [-0.1, -0.05) is 37.3 Å². The Hall–Kier alpha value is -2.90. The molecular weight excluding hydrogens is 370 g/mol. The zero-order chi connectivity index (χ0) is 20.8. The molecule has 2 amide bonds. The van der Waals surface area contributed by atoms with Gasteiger partial charge in [-0.05, 0) is 24.8 Å². The highest BCUT2D eigenvalue weighted by atomic mass is 16.5. The first-order valence-corrected chi connectivity index (χ1v) is 10.1. The summed E-state index contributed by atoms with van der Waals surface area (Å²) in [6.07, 6.45) is 3.76. The van der Waals surface area contributed by atoms with Gasteiger partial charge in [0.05, 0.1) is 25.8 Å². The maximum Gasteiger partial charge on any atom is 0.273 e. The second-order valence-electron chi connectivity index (χ2n) is 7.81. The van der Waals surface area contributed by atoms with E-state index < -0.39 is 0 Å². The average Bonchev–Trinajstić information content (AvgIpc) is 3.23. The molecule has 1 aliphatic rings. The molecule has 1 saturated heterocycles. The highest BCUT2D eigenvalue weighted by molar-refractivity contribution is 5.91. The van der Waals surface area contributed by atoms with E-state index >= 15 is 0 Å². The van der Waals surface area contributed by atoms with E-state index in [4.69, 9.17) is 4.74 Å². The largest absolute Gasteiger partial charge is 0.496 e. The molecule has 0 radical (unpaired) electrons. The predicted molar refractivity (Wildman–Crippen MR) is 109 cm³/mol. The molecule has 1 aromatic carbocycles.